The normalized spacial score (nSPS) is 26.2. The van der Waals surface area contributed by atoms with Gasteiger partial charge < -0.3 is 20.3 Å². The van der Waals surface area contributed by atoms with Crippen LogP contribution in [-0.2, 0) is 9.53 Å². The Morgan fingerprint density at radius 1 is 1.33 bits per heavy atom. The van der Waals surface area contributed by atoms with Crippen molar-refractivity contribution in [2.24, 2.45) is 11.8 Å². The third kappa shape index (κ3) is 3.53. The molecule has 2 N–H and O–H groups in total. The molecule has 2 bridgehead atoms. The van der Waals surface area contributed by atoms with Crippen molar-refractivity contribution in [2.45, 2.75) is 38.8 Å². The van der Waals surface area contributed by atoms with Crippen LogP contribution in [0.2, 0.25) is 0 Å². The Hall–Kier alpha value is -3.86. The van der Waals surface area contributed by atoms with Crippen LogP contribution in [0, 0.1) is 11.8 Å². The molecule has 11 heteroatoms. The van der Waals surface area contributed by atoms with Gasteiger partial charge in [-0.05, 0) is 43.9 Å². The largest absolute Gasteiger partial charge is 0.374 e. The molecule has 3 fully saturated rings. The highest BCUT2D eigenvalue weighted by Crippen LogP contribution is 2.39. The number of nitrogens with one attached hydrogen (secondary N) is 2. The number of anilines is 3. The van der Waals surface area contributed by atoms with Gasteiger partial charge in [0.1, 0.15) is 5.52 Å². The van der Waals surface area contributed by atoms with Crippen molar-refractivity contribution in [1.82, 2.24) is 29.8 Å². The summed E-state index contributed by atoms with van der Waals surface area (Å²) in [4.78, 5) is 23.8. The van der Waals surface area contributed by atoms with Crippen molar-refractivity contribution in [3.8, 4) is 11.4 Å². The number of carbonyl (C=O) groups is 1. The molecule has 1 amide bonds. The average molecular weight is 489 g/mol. The molecule has 4 aromatic rings. The Balaban J connectivity index is 1.31. The van der Waals surface area contributed by atoms with Crippen molar-refractivity contribution in [3.05, 3.63) is 30.6 Å². The van der Waals surface area contributed by atoms with E-state index in [9.17, 15) is 4.79 Å². The van der Waals surface area contributed by atoms with E-state index in [1.54, 1.807) is 12.3 Å². The summed E-state index contributed by atoms with van der Waals surface area (Å²) >= 11 is 0. The monoisotopic (exact) mass is 488 g/mol. The number of nitrogens with zero attached hydrogens (tertiary/aromatic N) is 7. The summed E-state index contributed by atoms with van der Waals surface area (Å²) in [7, 11) is 0. The lowest BCUT2D eigenvalue weighted by molar-refractivity contribution is -0.117. The molecule has 2 aliphatic heterocycles. The lowest BCUT2D eigenvalue weighted by atomic mass is 10.1. The van der Waals surface area contributed by atoms with E-state index < -0.39 is 6.50 Å². The fourth-order valence-corrected chi connectivity index (χ4v) is 5.17. The van der Waals surface area contributed by atoms with Crippen LogP contribution in [0.3, 0.4) is 0 Å². The fraction of sp³-hybridized carbons (Fsp3) is 0.440. The summed E-state index contributed by atoms with van der Waals surface area (Å²) in [6.45, 7) is 3.07. The zero-order chi connectivity index (χ0) is 27.1. The molecule has 184 valence electrons. The lowest BCUT2D eigenvalue weighted by Crippen LogP contribution is -2.37. The highest BCUT2D eigenvalue weighted by atomic mass is 16.5. The van der Waals surface area contributed by atoms with Crippen molar-refractivity contribution >= 4 is 39.8 Å². The second-order valence-electron chi connectivity index (χ2n) is 9.73. The third-order valence-corrected chi connectivity index (χ3v) is 7.27. The Bertz CT molecular complexity index is 1640. The first kappa shape index (κ1) is 18.4. The number of amides is 1. The highest BCUT2D eigenvalue weighted by molar-refractivity contribution is 6.01. The Morgan fingerprint density at radius 2 is 2.22 bits per heavy atom. The lowest BCUT2D eigenvalue weighted by Gasteiger charge is -2.28. The predicted molar refractivity (Wildman–Crippen MR) is 135 cm³/mol. The van der Waals surface area contributed by atoms with Crippen molar-refractivity contribution in [1.29, 1.82) is 0 Å². The first-order valence-corrected chi connectivity index (χ1v) is 12.1. The maximum Gasteiger partial charge on any atom is 0.228 e. The van der Waals surface area contributed by atoms with Gasteiger partial charge in [0.25, 0.3) is 0 Å². The molecule has 0 aromatic carbocycles. The maximum atomic E-state index is 12.6. The van der Waals surface area contributed by atoms with Crippen LogP contribution in [0.15, 0.2) is 30.6 Å². The first-order valence-electron chi connectivity index (χ1n) is 13.6. The fourth-order valence-electron chi connectivity index (χ4n) is 5.17. The van der Waals surface area contributed by atoms with Gasteiger partial charge in [0.15, 0.2) is 23.1 Å². The molecule has 2 saturated heterocycles. The number of pyridine rings is 2. The minimum absolute atomic E-state index is 0.0360. The van der Waals surface area contributed by atoms with E-state index in [-0.39, 0.29) is 41.8 Å². The second-order valence-corrected chi connectivity index (χ2v) is 9.73. The predicted octanol–water partition coefficient (Wildman–Crippen LogP) is 2.74. The molecule has 0 unspecified atom stereocenters. The van der Waals surface area contributed by atoms with Crippen LogP contribution in [0.25, 0.3) is 27.9 Å². The molecule has 11 nitrogen and oxygen atoms in total. The van der Waals surface area contributed by atoms with Crippen LogP contribution in [0.5, 0.6) is 0 Å². The van der Waals surface area contributed by atoms with Crippen LogP contribution >= 0.6 is 0 Å². The summed E-state index contributed by atoms with van der Waals surface area (Å²) < 4.78 is 32.0. The molecule has 7 rings (SSSR count). The minimum Gasteiger partial charge on any atom is -0.374 e. The van der Waals surface area contributed by atoms with Crippen molar-refractivity contribution in [3.63, 3.8) is 0 Å². The second kappa shape index (κ2) is 8.09. The number of carbonyl (C=O) groups excluding carboxylic acids is 1. The number of fused-ring (bicyclic) bond motifs is 4. The molecular weight excluding hydrogens is 458 g/mol. The van der Waals surface area contributed by atoms with Gasteiger partial charge in [-0.1, -0.05) is 6.92 Å². The van der Waals surface area contributed by atoms with E-state index in [1.165, 1.54) is 11.4 Å². The third-order valence-electron chi connectivity index (χ3n) is 7.27. The molecule has 0 spiro atoms. The van der Waals surface area contributed by atoms with E-state index in [0.717, 1.165) is 25.1 Å². The van der Waals surface area contributed by atoms with E-state index in [4.69, 9.17) is 8.85 Å². The summed E-state index contributed by atoms with van der Waals surface area (Å²) in [6, 6.07) is 5.69. The van der Waals surface area contributed by atoms with E-state index in [0.29, 0.717) is 40.5 Å². The van der Waals surface area contributed by atoms with Crippen LogP contribution < -0.4 is 15.5 Å². The highest BCUT2D eigenvalue weighted by Gasteiger charge is 2.40. The van der Waals surface area contributed by atoms with Gasteiger partial charge in [0, 0.05) is 38.8 Å². The molecule has 6 heterocycles. The number of rotatable bonds is 6. The average Bonchev–Trinajstić information content (AvgIpc) is 3.24. The molecule has 36 heavy (non-hydrogen) atoms. The molecule has 4 atom stereocenters. The zero-order valence-electron chi connectivity index (χ0n) is 22.9. The van der Waals surface area contributed by atoms with Crippen LogP contribution in [0.4, 0.5) is 17.3 Å². The maximum absolute atomic E-state index is 12.6. The number of morpholine rings is 1. The Kier molecular flexibility index (Phi) is 4.14. The number of hydrogen-bond donors (Lipinski definition) is 2. The van der Waals surface area contributed by atoms with E-state index in [1.807, 2.05) is 19.1 Å². The Labute approximate surface area is 211 Å². The standard InChI is InChI=1S/C25H27N9O2/c1-3-26-24-22-18(8-20(30-31-22)28-25(35)17-6-13(17)2)19(9-27-24)23-29-21-5-4-14(10-34(21)32-23)33-11-16-7-15(33)12-36-16/h4-5,8-10,13,15-17H,3,6-7,11-12H2,1-2H3,(H,26,27)(H,28,30,35)/t13-,15+,16+,17+/m1/s1/i3D2,10D. The molecule has 0 radical (unpaired) electrons. The van der Waals surface area contributed by atoms with Gasteiger partial charge >= 0.3 is 0 Å². The van der Waals surface area contributed by atoms with Crippen LogP contribution in [0.1, 0.15) is 30.8 Å². The van der Waals surface area contributed by atoms with Crippen LogP contribution in [-0.4, -0.2) is 67.5 Å². The summed E-state index contributed by atoms with van der Waals surface area (Å²) in [5.74, 6) is 1.02. The molecule has 1 aliphatic carbocycles. The van der Waals surface area contributed by atoms with E-state index >= 15 is 0 Å². The van der Waals surface area contributed by atoms with Gasteiger partial charge in [-0.2, -0.15) is 0 Å². The SMILES string of the molecule is [2H]c1c(N2C[C@@H]3C[C@H]2CO3)ccc2nc(-c3cnc(NC([2H])([2H])C)c4nnc(NC(=O)[C@H]5C[C@H]5C)cc34)nn12. The number of hydrogen-bond acceptors (Lipinski definition) is 9. The summed E-state index contributed by atoms with van der Waals surface area (Å²) in [5.41, 5.74) is 2.14. The van der Waals surface area contributed by atoms with Crippen molar-refractivity contribution < 1.29 is 13.6 Å². The number of ether oxygens (including phenoxy) is 1. The topological polar surface area (TPSA) is 122 Å². The Morgan fingerprint density at radius 3 is 2.97 bits per heavy atom. The van der Waals surface area contributed by atoms with Gasteiger partial charge in [0.2, 0.25) is 5.91 Å². The van der Waals surface area contributed by atoms with Gasteiger partial charge in [-0.3, -0.25) is 4.79 Å². The molecule has 4 aromatic heterocycles. The summed E-state index contributed by atoms with van der Waals surface area (Å²) in [5, 5.41) is 19.2. The molecular formula is C25H27N9O2. The molecule has 1 saturated carbocycles. The zero-order valence-corrected chi connectivity index (χ0v) is 19.9. The quantitative estimate of drug-likeness (QED) is 0.422. The van der Waals surface area contributed by atoms with Crippen molar-refractivity contribution in [2.75, 3.05) is 35.2 Å². The summed E-state index contributed by atoms with van der Waals surface area (Å²) in [6.07, 6.45) is 3.79. The first-order chi connectivity index (χ1) is 18.6. The number of aromatic nitrogens is 6. The van der Waals surface area contributed by atoms with Gasteiger partial charge in [-0.15, -0.1) is 15.3 Å². The van der Waals surface area contributed by atoms with Gasteiger partial charge in [0.05, 0.1) is 32.0 Å². The molecule has 3 aliphatic rings. The van der Waals surface area contributed by atoms with Gasteiger partial charge in [-0.25, -0.2) is 14.5 Å². The van der Waals surface area contributed by atoms with E-state index in [2.05, 4.69) is 40.8 Å². The minimum atomic E-state index is -1.75. The smallest absolute Gasteiger partial charge is 0.228 e.